The van der Waals surface area contributed by atoms with Gasteiger partial charge in [-0.05, 0) is 42.5 Å². The average molecular weight is 371 g/mol. The fourth-order valence-corrected chi connectivity index (χ4v) is 3.33. The molecule has 0 saturated heterocycles. The predicted octanol–water partition coefficient (Wildman–Crippen LogP) is 1.80. The van der Waals surface area contributed by atoms with Crippen LogP contribution in [0, 0.1) is 0 Å². The number of methoxy groups -OCH3 is 1. The summed E-state index contributed by atoms with van der Waals surface area (Å²) in [7, 11) is 1.57. The summed E-state index contributed by atoms with van der Waals surface area (Å²) in [5.74, 6) is 0.900. The number of carbonyl (C=O) groups excluding carboxylic acids is 2. The SMILES string of the molecule is COc1ccc(C(=O)OCCSc2ccc(C=O)c3c2=CCON=3)cc1. The zero-order valence-electron chi connectivity index (χ0n) is 14.1. The first kappa shape index (κ1) is 18.0. The lowest BCUT2D eigenvalue weighted by Crippen LogP contribution is -2.34. The summed E-state index contributed by atoms with van der Waals surface area (Å²) in [4.78, 5) is 29.1. The van der Waals surface area contributed by atoms with E-state index in [9.17, 15) is 9.59 Å². The quantitative estimate of drug-likeness (QED) is 0.320. The molecule has 1 aliphatic rings. The molecule has 0 unspecified atom stereocenters. The molecule has 0 fully saturated rings. The van der Waals surface area contributed by atoms with E-state index in [0.717, 1.165) is 16.4 Å². The van der Waals surface area contributed by atoms with Crippen molar-refractivity contribution in [3.8, 4) is 5.75 Å². The number of hydrogen-bond acceptors (Lipinski definition) is 7. The van der Waals surface area contributed by atoms with E-state index in [0.29, 0.717) is 34.6 Å². The van der Waals surface area contributed by atoms with Crippen molar-refractivity contribution in [2.24, 2.45) is 5.16 Å². The Hall–Kier alpha value is -2.80. The highest BCUT2D eigenvalue weighted by molar-refractivity contribution is 7.99. The van der Waals surface area contributed by atoms with Gasteiger partial charge >= 0.3 is 5.97 Å². The molecular formula is C19H17NO5S. The zero-order valence-corrected chi connectivity index (χ0v) is 15.0. The molecule has 0 N–H and O–H groups in total. The van der Waals surface area contributed by atoms with Crippen molar-refractivity contribution in [3.05, 3.63) is 58.1 Å². The molecule has 1 aliphatic heterocycles. The molecule has 0 aliphatic carbocycles. The second-order valence-electron chi connectivity index (χ2n) is 5.34. The van der Waals surface area contributed by atoms with Crippen molar-refractivity contribution in [2.45, 2.75) is 4.90 Å². The summed E-state index contributed by atoms with van der Waals surface area (Å²) in [5, 5.41) is 5.39. The number of hydrogen-bond donors (Lipinski definition) is 0. The Balaban J connectivity index is 1.59. The molecule has 0 bridgehead atoms. The van der Waals surface area contributed by atoms with Gasteiger partial charge in [-0.15, -0.1) is 11.8 Å². The topological polar surface area (TPSA) is 74.2 Å². The van der Waals surface area contributed by atoms with E-state index >= 15 is 0 Å². The van der Waals surface area contributed by atoms with Crippen LogP contribution in [0.25, 0.3) is 6.08 Å². The highest BCUT2D eigenvalue weighted by Crippen LogP contribution is 2.15. The first-order chi connectivity index (χ1) is 12.7. The molecule has 2 aromatic rings. The van der Waals surface area contributed by atoms with Crippen LogP contribution in [0.5, 0.6) is 5.75 Å². The van der Waals surface area contributed by atoms with Crippen LogP contribution < -0.4 is 15.3 Å². The van der Waals surface area contributed by atoms with Gasteiger partial charge in [0.1, 0.15) is 24.3 Å². The maximum absolute atomic E-state index is 12.0. The lowest BCUT2D eigenvalue weighted by Gasteiger charge is -2.09. The summed E-state index contributed by atoms with van der Waals surface area (Å²) < 4.78 is 10.4. The van der Waals surface area contributed by atoms with Crippen LogP contribution in [-0.4, -0.2) is 38.3 Å². The van der Waals surface area contributed by atoms with Crippen LogP contribution in [0.4, 0.5) is 0 Å². The molecule has 3 rings (SSSR count). The number of thioether (sulfide) groups is 1. The number of esters is 1. The Morgan fingerprint density at radius 1 is 1.27 bits per heavy atom. The lowest BCUT2D eigenvalue weighted by atomic mass is 10.2. The second kappa shape index (κ2) is 8.53. The van der Waals surface area contributed by atoms with Gasteiger partial charge in [0, 0.05) is 21.4 Å². The van der Waals surface area contributed by atoms with Gasteiger partial charge < -0.3 is 14.3 Å². The summed E-state index contributed by atoms with van der Waals surface area (Å²) in [6, 6.07) is 10.3. The van der Waals surface area contributed by atoms with Gasteiger partial charge in [0.15, 0.2) is 6.29 Å². The highest BCUT2D eigenvalue weighted by Gasteiger charge is 2.09. The Morgan fingerprint density at radius 2 is 2.08 bits per heavy atom. The van der Waals surface area contributed by atoms with E-state index in [1.54, 1.807) is 37.4 Å². The van der Waals surface area contributed by atoms with E-state index < -0.39 is 0 Å². The monoisotopic (exact) mass is 371 g/mol. The maximum atomic E-state index is 12.0. The van der Waals surface area contributed by atoms with Crippen LogP contribution in [0.2, 0.25) is 0 Å². The Kier molecular flexibility index (Phi) is 5.91. The van der Waals surface area contributed by atoms with Crippen molar-refractivity contribution in [2.75, 3.05) is 26.1 Å². The third kappa shape index (κ3) is 4.05. The molecule has 26 heavy (non-hydrogen) atoms. The number of ether oxygens (including phenoxy) is 2. The second-order valence-corrected chi connectivity index (χ2v) is 6.47. The average Bonchev–Trinajstić information content (AvgIpc) is 2.71. The Labute approximate surface area is 154 Å². The number of fused-ring (bicyclic) bond motifs is 1. The smallest absolute Gasteiger partial charge is 0.338 e. The van der Waals surface area contributed by atoms with Crippen molar-refractivity contribution < 1.29 is 23.9 Å². The molecule has 0 atom stereocenters. The molecule has 134 valence electrons. The van der Waals surface area contributed by atoms with Gasteiger partial charge in [0.05, 0.1) is 12.7 Å². The van der Waals surface area contributed by atoms with Crippen LogP contribution in [0.1, 0.15) is 20.7 Å². The molecule has 0 spiro atoms. The van der Waals surface area contributed by atoms with E-state index in [4.69, 9.17) is 14.3 Å². The molecular weight excluding hydrogens is 354 g/mol. The number of aldehydes is 1. The number of nitrogens with zero attached hydrogens (tertiary/aromatic N) is 1. The standard InChI is InChI=1S/C19H17NO5S/c1-23-15-5-2-13(3-6-15)19(22)24-10-11-26-17-7-4-14(12-21)18-16(17)8-9-25-20-18/h2-8,12H,9-11H2,1H3. The molecule has 0 saturated carbocycles. The largest absolute Gasteiger partial charge is 0.497 e. The molecule has 1 heterocycles. The van der Waals surface area contributed by atoms with Crippen molar-refractivity contribution in [3.63, 3.8) is 0 Å². The summed E-state index contributed by atoms with van der Waals surface area (Å²) in [5.41, 5.74) is 0.971. The fourth-order valence-electron chi connectivity index (χ4n) is 2.45. The third-order valence-corrected chi connectivity index (χ3v) is 4.79. The zero-order chi connectivity index (χ0) is 18.4. The van der Waals surface area contributed by atoms with Gasteiger partial charge in [-0.25, -0.2) is 4.79 Å². The van der Waals surface area contributed by atoms with Crippen molar-refractivity contribution in [1.82, 2.24) is 0 Å². The van der Waals surface area contributed by atoms with Gasteiger partial charge in [-0.1, -0.05) is 5.16 Å². The maximum Gasteiger partial charge on any atom is 0.338 e. The van der Waals surface area contributed by atoms with E-state index in [1.807, 2.05) is 12.1 Å². The van der Waals surface area contributed by atoms with Gasteiger partial charge in [-0.3, -0.25) is 4.79 Å². The predicted molar refractivity (Wildman–Crippen MR) is 97.0 cm³/mol. The summed E-state index contributed by atoms with van der Waals surface area (Å²) in [6.07, 6.45) is 2.65. The fraction of sp³-hybridized carbons (Fsp3) is 0.211. The number of carbonyl (C=O) groups is 2. The van der Waals surface area contributed by atoms with Gasteiger partial charge in [0.2, 0.25) is 0 Å². The van der Waals surface area contributed by atoms with Crippen LogP contribution in [0.15, 0.2) is 46.4 Å². The Morgan fingerprint density at radius 3 is 2.81 bits per heavy atom. The lowest BCUT2D eigenvalue weighted by molar-refractivity contribution is 0.0530. The van der Waals surface area contributed by atoms with Crippen LogP contribution in [0.3, 0.4) is 0 Å². The highest BCUT2D eigenvalue weighted by atomic mass is 32.2. The Bertz CT molecular complexity index is 924. The first-order valence-corrected chi connectivity index (χ1v) is 8.94. The van der Waals surface area contributed by atoms with Gasteiger partial charge in [0.25, 0.3) is 0 Å². The van der Waals surface area contributed by atoms with Crippen LogP contribution in [-0.2, 0) is 9.57 Å². The first-order valence-electron chi connectivity index (χ1n) is 7.95. The normalized spacial score (nSPS) is 12.0. The minimum absolute atomic E-state index is 0.271. The third-order valence-electron chi connectivity index (χ3n) is 3.75. The molecule has 0 radical (unpaired) electrons. The molecule has 2 aromatic carbocycles. The van der Waals surface area contributed by atoms with E-state index in [-0.39, 0.29) is 12.6 Å². The molecule has 7 heteroatoms. The van der Waals surface area contributed by atoms with E-state index in [2.05, 4.69) is 5.16 Å². The minimum Gasteiger partial charge on any atom is -0.497 e. The van der Waals surface area contributed by atoms with Crippen molar-refractivity contribution >= 4 is 30.1 Å². The van der Waals surface area contributed by atoms with E-state index in [1.165, 1.54) is 11.8 Å². The summed E-state index contributed by atoms with van der Waals surface area (Å²) in [6.45, 7) is 0.642. The molecule has 6 nitrogen and oxygen atoms in total. The van der Waals surface area contributed by atoms with Crippen molar-refractivity contribution in [1.29, 1.82) is 0 Å². The van der Waals surface area contributed by atoms with Gasteiger partial charge in [-0.2, -0.15) is 0 Å². The minimum atomic E-state index is -0.374. The molecule has 0 aromatic heterocycles. The number of benzene rings is 2. The molecule has 0 amide bonds. The summed E-state index contributed by atoms with van der Waals surface area (Å²) >= 11 is 1.54. The van der Waals surface area contributed by atoms with Crippen LogP contribution >= 0.6 is 11.8 Å². The number of rotatable bonds is 7.